The summed E-state index contributed by atoms with van der Waals surface area (Å²) >= 11 is 18.9. The van der Waals surface area contributed by atoms with Crippen LogP contribution in [-0.4, -0.2) is 122 Å². The van der Waals surface area contributed by atoms with Crippen LogP contribution in [0, 0.1) is 18.3 Å². The second-order valence-corrected chi connectivity index (χ2v) is 14.8. The maximum atomic E-state index is 13.6. The van der Waals surface area contributed by atoms with Crippen LogP contribution in [-0.2, 0) is 28.6 Å². The summed E-state index contributed by atoms with van der Waals surface area (Å²) in [4.78, 5) is 54.7. The number of carbonyl (C=O) groups is 4. The summed E-state index contributed by atoms with van der Waals surface area (Å²) in [5.74, 6) is -1.09. The maximum absolute atomic E-state index is 13.6. The zero-order valence-electron chi connectivity index (χ0n) is 32.4. The Morgan fingerprint density at radius 1 is 0.895 bits per heavy atom. The van der Waals surface area contributed by atoms with Crippen molar-refractivity contribution in [2.45, 2.75) is 57.9 Å². The van der Waals surface area contributed by atoms with Gasteiger partial charge in [-0.3, -0.25) is 19.2 Å². The molecule has 0 aliphatic carbocycles. The molecule has 4 rings (SSSR count). The number of benzene rings is 2. The zero-order valence-corrected chi connectivity index (χ0v) is 34.6. The molecule has 1 saturated heterocycles. The largest absolute Gasteiger partial charge is 0.379 e. The first-order valence-electron chi connectivity index (χ1n) is 19.0. The van der Waals surface area contributed by atoms with Gasteiger partial charge in [0.15, 0.2) is 5.69 Å². The third kappa shape index (κ3) is 14.6. The number of nitrogens with zero attached hydrogens (tertiary/aromatic N) is 5. The number of hydrogen-bond acceptors (Lipinski definition) is 9. The van der Waals surface area contributed by atoms with Crippen LogP contribution in [0.1, 0.15) is 61.0 Å². The molecule has 2 N–H and O–H groups in total. The van der Waals surface area contributed by atoms with Gasteiger partial charge >= 0.3 is 0 Å². The summed E-state index contributed by atoms with van der Waals surface area (Å²) in [6, 6.07) is 14.2. The summed E-state index contributed by atoms with van der Waals surface area (Å²) in [6.45, 7) is 5.76. The molecule has 0 atom stereocenters. The van der Waals surface area contributed by atoms with Gasteiger partial charge in [-0.1, -0.05) is 46.9 Å². The van der Waals surface area contributed by atoms with Crippen molar-refractivity contribution in [2.24, 2.45) is 0 Å². The van der Waals surface area contributed by atoms with E-state index in [9.17, 15) is 19.2 Å². The molecule has 0 unspecified atom stereocenters. The Hall–Kier alpha value is -4.23. The van der Waals surface area contributed by atoms with Gasteiger partial charge in [-0.25, -0.2) is 4.68 Å². The molecule has 3 aromatic rings. The number of ether oxygens (including phenoxy) is 3. The number of hydrogen-bond donors (Lipinski definition) is 2. The average molecular weight is 847 g/mol. The molecular weight excluding hydrogens is 797 g/mol. The number of likely N-dealkylation sites (N-methyl/N-ethyl adjacent to an activating group) is 1. The predicted octanol–water partition coefficient (Wildman–Crippen LogP) is 5.63. The quantitative estimate of drug-likeness (QED) is 0.122. The molecule has 1 fully saturated rings. The molecule has 57 heavy (non-hydrogen) atoms. The lowest BCUT2D eigenvalue weighted by atomic mass is 10.0. The first-order valence-corrected chi connectivity index (χ1v) is 20.1. The highest BCUT2D eigenvalue weighted by Gasteiger charge is 2.28. The Morgan fingerprint density at radius 3 is 2.18 bits per heavy atom. The Bertz CT molecular complexity index is 1840. The Labute approximate surface area is 348 Å². The van der Waals surface area contributed by atoms with Crippen molar-refractivity contribution >= 4 is 58.4 Å². The molecule has 1 aliphatic rings. The van der Waals surface area contributed by atoms with Crippen molar-refractivity contribution in [3.8, 4) is 23.0 Å². The van der Waals surface area contributed by atoms with Crippen LogP contribution in [0.2, 0.25) is 15.1 Å². The van der Waals surface area contributed by atoms with E-state index in [2.05, 4.69) is 16.7 Å². The molecule has 2 aromatic carbocycles. The van der Waals surface area contributed by atoms with Crippen LogP contribution in [0.4, 0.5) is 0 Å². The van der Waals surface area contributed by atoms with E-state index < -0.39 is 0 Å². The van der Waals surface area contributed by atoms with E-state index in [4.69, 9.17) is 59.4 Å². The first kappa shape index (κ1) is 45.5. The predicted molar refractivity (Wildman–Crippen MR) is 218 cm³/mol. The molecule has 0 radical (unpaired) electrons. The minimum atomic E-state index is -0.341. The molecule has 0 saturated carbocycles. The summed E-state index contributed by atoms with van der Waals surface area (Å²) in [6.07, 6.45) is 2.89. The number of halogens is 3. The topological polar surface area (TPSA) is 168 Å². The van der Waals surface area contributed by atoms with Crippen LogP contribution >= 0.6 is 34.8 Å². The number of aromatic nitrogens is 2. The van der Waals surface area contributed by atoms with Gasteiger partial charge in [-0.2, -0.15) is 10.4 Å². The van der Waals surface area contributed by atoms with E-state index in [1.54, 1.807) is 39.9 Å². The smallest absolute Gasteiger partial charge is 0.272 e. The molecule has 0 bridgehead atoms. The van der Waals surface area contributed by atoms with E-state index in [0.29, 0.717) is 123 Å². The van der Waals surface area contributed by atoms with Crippen molar-refractivity contribution in [1.82, 2.24) is 30.2 Å². The van der Waals surface area contributed by atoms with Gasteiger partial charge in [-0.15, -0.1) is 0 Å². The number of piperidine rings is 1. The number of unbranched alkanes of at least 4 members (excludes halogenated alkanes) is 1. The molecule has 308 valence electrons. The average Bonchev–Trinajstić information content (AvgIpc) is 3.53. The van der Waals surface area contributed by atoms with E-state index >= 15 is 0 Å². The number of rotatable bonds is 22. The summed E-state index contributed by atoms with van der Waals surface area (Å²) in [5.41, 5.74) is 2.95. The van der Waals surface area contributed by atoms with Gasteiger partial charge in [0.25, 0.3) is 5.91 Å². The van der Waals surface area contributed by atoms with Crippen LogP contribution in [0.25, 0.3) is 16.9 Å². The van der Waals surface area contributed by atoms with Crippen LogP contribution in [0.5, 0.6) is 0 Å². The lowest BCUT2D eigenvalue weighted by molar-refractivity contribution is -0.138. The fraction of sp³-hybridized carbons (Fsp3) is 0.500. The maximum Gasteiger partial charge on any atom is 0.272 e. The van der Waals surface area contributed by atoms with E-state index in [1.165, 1.54) is 11.9 Å². The molecule has 4 amide bonds. The van der Waals surface area contributed by atoms with Crippen molar-refractivity contribution in [1.29, 1.82) is 5.26 Å². The first-order chi connectivity index (χ1) is 27.5. The summed E-state index contributed by atoms with van der Waals surface area (Å²) in [7, 11) is 1.54. The number of likely N-dealkylation sites (tertiary alicyclic amines) is 1. The highest BCUT2D eigenvalue weighted by atomic mass is 35.5. The number of carbonyl (C=O) groups excluding carboxylic acids is 4. The normalized spacial score (nSPS) is 12.9. The van der Waals surface area contributed by atoms with Crippen molar-refractivity contribution in [2.75, 3.05) is 72.9 Å². The standard InChI is InChI=1S/C40H50Cl3N7O7/c1-28-38(47-50(34-11-10-31(42)26-33(34)43)39(28)29-6-8-30(41)9-7-29)40(54)46-32-14-18-49(19-15-32)37(53)13-12-36(52)48(2)27-35(51)45-17-5-21-56-23-25-57-24-22-55-20-4-3-16-44/h6-11,26,32H,3-5,12-15,17-25,27H2,1-2H3,(H,45,51)(H,46,54). The van der Waals surface area contributed by atoms with Gasteiger partial charge < -0.3 is 34.6 Å². The van der Waals surface area contributed by atoms with Gasteiger partial charge in [-0.05, 0) is 62.9 Å². The molecule has 1 aliphatic heterocycles. The third-order valence-corrected chi connectivity index (χ3v) is 10.0. The lowest BCUT2D eigenvalue weighted by Gasteiger charge is -2.32. The van der Waals surface area contributed by atoms with Gasteiger partial charge in [0.1, 0.15) is 0 Å². The summed E-state index contributed by atoms with van der Waals surface area (Å²) in [5, 5.41) is 20.5. The molecular formula is C40H50Cl3N7O7. The van der Waals surface area contributed by atoms with Gasteiger partial charge in [0, 0.05) is 86.4 Å². The molecule has 1 aromatic heterocycles. The highest BCUT2D eigenvalue weighted by Crippen LogP contribution is 2.33. The lowest BCUT2D eigenvalue weighted by Crippen LogP contribution is -2.47. The van der Waals surface area contributed by atoms with E-state index in [0.717, 1.165) is 5.56 Å². The van der Waals surface area contributed by atoms with Crippen molar-refractivity contribution in [3.63, 3.8) is 0 Å². The molecule has 17 heteroatoms. The molecule has 0 spiro atoms. The number of nitrogens with one attached hydrogen (secondary N) is 2. The summed E-state index contributed by atoms with van der Waals surface area (Å²) < 4.78 is 17.9. The van der Waals surface area contributed by atoms with E-state index in [1.807, 2.05) is 19.1 Å². The highest BCUT2D eigenvalue weighted by molar-refractivity contribution is 6.35. The van der Waals surface area contributed by atoms with Crippen LogP contribution in [0.15, 0.2) is 42.5 Å². The van der Waals surface area contributed by atoms with Gasteiger partial charge in [0.2, 0.25) is 17.7 Å². The minimum absolute atomic E-state index is 0.0158. The van der Waals surface area contributed by atoms with Crippen LogP contribution < -0.4 is 10.6 Å². The fourth-order valence-electron chi connectivity index (χ4n) is 6.13. The van der Waals surface area contributed by atoms with Crippen molar-refractivity contribution < 1.29 is 33.4 Å². The Kier molecular flexibility index (Phi) is 19.0. The SMILES string of the molecule is Cc1c(C(=O)NC2CCN(C(=O)CCC(=O)N(C)CC(=O)NCCCOCCOCCOCCCC#N)CC2)nn(-c2ccc(Cl)cc2Cl)c1-c1ccc(Cl)cc1. The van der Waals surface area contributed by atoms with Gasteiger partial charge in [0.05, 0.1) is 55.4 Å². The number of nitriles is 1. The minimum Gasteiger partial charge on any atom is -0.379 e. The second-order valence-electron chi connectivity index (χ2n) is 13.5. The monoisotopic (exact) mass is 845 g/mol. The Balaban J connectivity index is 1.14. The molecule has 14 nitrogen and oxygen atoms in total. The fourth-order valence-corrected chi connectivity index (χ4v) is 6.75. The Morgan fingerprint density at radius 2 is 1.53 bits per heavy atom. The van der Waals surface area contributed by atoms with Crippen molar-refractivity contribution in [3.05, 3.63) is 68.8 Å². The second kappa shape index (κ2) is 23.9. The number of amides is 4. The van der Waals surface area contributed by atoms with E-state index in [-0.39, 0.29) is 54.8 Å². The third-order valence-electron chi connectivity index (χ3n) is 9.24. The molecule has 2 heterocycles. The van der Waals surface area contributed by atoms with Crippen LogP contribution in [0.3, 0.4) is 0 Å². The zero-order chi connectivity index (χ0) is 41.2.